The van der Waals surface area contributed by atoms with Crippen LogP contribution in [0.4, 0.5) is 0 Å². The number of rotatable bonds is 2. The zero-order valence-electron chi connectivity index (χ0n) is 10.4. The molecular formula is C12H20N2O2. The molecule has 0 radical (unpaired) electrons. The zero-order valence-corrected chi connectivity index (χ0v) is 10.4. The van der Waals surface area contributed by atoms with Gasteiger partial charge < -0.3 is 10.5 Å². The molecule has 0 saturated carbocycles. The number of nitrogens with zero attached hydrogens (tertiary/aromatic N) is 1. The van der Waals surface area contributed by atoms with Crippen molar-refractivity contribution in [3.63, 3.8) is 0 Å². The van der Waals surface area contributed by atoms with Gasteiger partial charge in [-0.05, 0) is 45.1 Å². The first-order valence-electron chi connectivity index (χ1n) is 5.53. The average molecular weight is 224 g/mol. The van der Waals surface area contributed by atoms with Crippen molar-refractivity contribution in [2.75, 3.05) is 0 Å². The SMILES string of the molecule is CC(=O)NC(C)(C)[C@H]1CC=C(C)/C(=N\O)C1. The van der Waals surface area contributed by atoms with Crippen molar-refractivity contribution in [2.45, 2.75) is 46.1 Å². The summed E-state index contributed by atoms with van der Waals surface area (Å²) in [5.41, 5.74) is 1.46. The number of carbonyl (C=O) groups excluding carboxylic acids is 1. The molecule has 90 valence electrons. The summed E-state index contributed by atoms with van der Waals surface area (Å²) in [6, 6.07) is 0. The molecule has 2 N–H and O–H groups in total. The molecule has 0 unspecified atom stereocenters. The topological polar surface area (TPSA) is 61.7 Å². The minimum absolute atomic E-state index is 0.0289. The molecule has 0 aromatic carbocycles. The number of carbonyl (C=O) groups is 1. The maximum atomic E-state index is 11.1. The summed E-state index contributed by atoms with van der Waals surface area (Å²) in [6.07, 6.45) is 3.66. The van der Waals surface area contributed by atoms with E-state index in [0.29, 0.717) is 6.42 Å². The van der Waals surface area contributed by atoms with Crippen LogP contribution in [0.25, 0.3) is 0 Å². The highest BCUT2D eigenvalue weighted by molar-refractivity contribution is 6.00. The fraction of sp³-hybridized carbons (Fsp3) is 0.667. The van der Waals surface area contributed by atoms with Gasteiger partial charge in [0.1, 0.15) is 0 Å². The van der Waals surface area contributed by atoms with Crippen LogP contribution in [0.3, 0.4) is 0 Å². The Labute approximate surface area is 96.4 Å². The van der Waals surface area contributed by atoms with Gasteiger partial charge in [0.05, 0.1) is 5.71 Å². The Morgan fingerprint density at radius 1 is 1.62 bits per heavy atom. The lowest BCUT2D eigenvalue weighted by molar-refractivity contribution is -0.121. The maximum Gasteiger partial charge on any atom is 0.217 e. The van der Waals surface area contributed by atoms with Gasteiger partial charge in [-0.1, -0.05) is 11.2 Å². The van der Waals surface area contributed by atoms with Crippen LogP contribution < -0.4 is 5.32 Å². The van der Waals surface area contributed by atoms with Crippen LogP contribution in [0.2, 0.25) is 0 Å². The third-order valence-corrected chi connectivity index (χ3v) is 3.24. The van der Waals surface area contributed by atoms with Gasteiger partial charge >= 0.3 is 0 Å². The lowest BCUT2D eigenvalue weighted by Crippen LogP contribution is -2.49. The average Bonchev–Trinajstić information content (AvgIpc) is 2.16. The van der Waals surface area contributed by atoms with E-state index < -0.39 is 0 Å². The van der Waals surface area contributed by atoms with Gasteiger partial charge in [0.15, 0.2) is 0 Å². The predicted molar refractivity (Wildman–Crippen MR) is 63.6 cm³/mol. The number of amides is 1. The first-order chi connectivity index (χ1) is 7.36. The molecule has 0 aromatic heterocycles. The van der Waals surface area contributed by atoms with Gasteiger partial charge in [-0.3, -0.25) is 4.79 Å². The van der Waals surface area contributed by atoms with Gasteiger partial charge in [0, 0.05) is 12.5 Å². The number of allylic oxidation sites excluding steroid dienone is 2. The van der Waals surface area contributed by atoms with Crippen LogP contribution >= 0.6 is 0 Å². The summed E-state index contributed by atoms with van der Waals surface area (Å²) >= 11 is 0. The Morgan fingerprint density at radius 3 is 2.75 bits per heavy atom. The molecule has 4 heteroatoms. The molecule has 1 aliphatic rings. The Bertz CT molecular complexity index is 343. The van der Waals surface area contributed by atoms with Crippen LogP contribution in [0.1, 0.15) is 40.5 Å². The number of hydrogen-bond donors (Lipinski definition) is 2. The van der Waals surface area contributed by atoms with E-state index in [0.717, 1.165) is 17.7 Å². The van der Waals surface area contributed by atoms with E-state index in [1.807, 2.05) is 20.8 Å². The summed E-state index contributed by atoms with van der Waals surface area (Å²) < 4.78 is 0. The van der Waals surface area contributed by atoms with Gasteiger partial charge in [0.2, 0.25) is 5.91 Å². The molecule has 0 aromatic rings. The standard InChI is InChI=1S/C12H20N2O2/c1-8-5-6-10(7-11(8)14-16)12(3,4)13-9(2)15/h5,10,16H,6-7H2,1-4H3,(H,13,15)/b14-11-/t10-/m0/s1. The minimum atomic E-state index is -0.279. The van der Waals surface area contributed by atoms with Crippen molar-refractivity contribution in [1.29, 1.82) is 0 Å². The van der Waals surface area contributed by atoms with Crippen molar-refractivity contribution in [2.24, 2.45) is 11.1 Å². The summed E-state index contributed by atoms with van der Waals surface area (Å²) in [6.45, 7) is 7.47. The summed E-state index contributed by atoms with van der Waals surface area (Å²) in [5.74, 6) is 0.241. The highest BCUT2D eigenvalue weighted by Crippen LogP contribution is 2.30. The Hall–Kier alpha value is -1.32. The van der Waals surface area contributed by atoms with Crippen molar-refractivity contribution in [3.05, 3.63) is 11.6 Å². The first-order valence-corrected chi connectivity index (χ1v) is 5.53. The Kier molecular flexibility index (Phi) is 3.73. The second-order valence-corrected chi connectivity index (χ2v) is 4.97. The van der Waals surface area contributed by atoms with E-state index in [9.17, 15) is 4.79 Å². The third kappa shape index (κ3) is 2.84. The highest BCUT2D eigenvalue weighted by atomic mass is 16.4. The summed E-state index contributed by atoms with van der Waals surface area (Å²) in [4.78, 5) is 11.1. The highest BCUT2D eigenvalue weighted by Gasteiger charge is 2.32. The Morgan fingerprint density at radius 2 is 2.25 bits per heavy atom. The predicted octanol–water partition coefficient (Wildman–Crippen LogP) is 2.09. The molecule has 1 amide bonds. The van der Waals surface area contributed by atoms with E-state index in [4.69, 9.17) is 5.21 Å². The molecule has 0 saturated heterocycles. The fourth-order valence-corrected chi connectivity index (χ4v) is 2.14. The molecular weight excluding hydrogens is 204 g/mol. The quantitative estimate of drug-likeness (QED) is 0.557. The molecule has 4 nitrogen and oxygen atoms in total. The lowest BCUT2D eigenvalue weighted by Gasteiger charge is -2.36. The van der Waals surface area contributed by atoms with Crippen molar-refractivity contribution < 1.29 is 10.0 Å². The Balaban J connectivity index is 2.81. The minimum Gasteiger partial charge on any atom is -0.411 e. The van der Waals surface area contributed by atoms with Crippen LogP contribution in [-0.2, 0) is 4.79 Å². The van der Waals surface area contributed by atoms with E-state index in [-0.39, 0.29) is 17.4 Å². The second-order valence-electron chi connectivity index (χ2n) is 4.97. The maximum absolute atomic E-state index is 11.1. The first kappa shape index (κ1) is 12.7. The fourth-order valence-electron chi connectivity index (χ4n) is 2.14. The van der Waals surface area contributed by atoms with Crippen molar-refractivity contribution >= 4 is 11.6 Å². The van der Waals surface area contributed by atoms with Gasteiger partial charge in [-0.25, -0.2) is 0 Å². The summed E-state index contributed by atoms with van der Waals surface area (Å²) in [7, 11) is 0. The molecule has 1 aliphatic carbocycles. The molecule has 0 fully saturated rings. The van der Waals surface area contributed by atoms with Crippen LogP contribution in [0.5, 0.6) is 0 Å². The molecule has 1 atom stereocenters. The van der Waals surface area contributed by atoms with Crippen LogP contribution in [0.15, 0.2) is 16.8 Å². The zero-order chi connectivity index (χ0) is 12.3. The number of hydrogen-bond acceptors (Lipinski definition) is 3. The largest absolute Gasteiger partial charge is 0.411 e. The van der Waals surface area contributed by atoms with Gasteiger partial charge in [-0.2, -0.15) is 0 Å². The van der Waals surface area contributed by atoms with Crippen molar-refractivity contribution in [1.82, 2.24) is 5.32 Å². The normalized spacial score (nSPS) is 24.1. The number of oxime groups is 1. The molecule has 0 bridgehead atoms. The number of nitrogens with one attached hydrogen (secondary N) is 1. The smallest absolute Gasteiger partial charge is 0.217 e. The third-order valence-electron chi connectivity index (χ3n) is 3.24. The monoisotopic (exact) mass is 224 g/mol. The molecule has 0 spiro atoms. The van der Waals surface area contributed by atoms with Crippen LogP contribution in [-0.4, -0.2) is 22.4 Å². The van der Waals surface area contributed by atoms with E-state index in [2.05, 4.69) is 16.5 Å². The lowest BCUT2D eigenvalue weighted by atomic mass is 9.76. The van der Waals surface area contributed by atoms with Crippen molar-refractivity contribution in [3.8, 4) is 0 Å². The van der Waals surface area contributed by atoms with E-state index in [1.54, 1.807) is 0 Å². The summed E-state index contributed by atoms with van der Waals surface area (Å²) in [5, 5.41) is 15.1. The van der Waals surface area contributed by atoms with E-state index >= 15 is 0 Å². The molecule has 0 aliphatic heterocycles. The molecule has 0 heterocycles. The van der Waals surface area contributed by atoms with Gasteiger partial charge in [-0.15, -0.1) is 0 Å². The van der Waals surface area contributed by atoms with E-state index in [1.165, 1.54) is 6.92 Å². The molecule has 16 heavy (non-hydrogen) atoms. The van der Waals surface area contributed by atoms with Gasteiger partial charge in [0.25, 0.3) is 0 Å². The second kappa shape index (κ2) is 4.68. The molecule has 1 rings (SSSR count). The van der Waals surface area contributed by atoms with Crippen LogP contribution in [0, 0.1) is 5.92 Å².